The van der Waals surface area contributed by atoms with Crippen LogP contribution in [0.4, 0.5) is 20.3 Å². The van der Waals surface area contributed by atoms with Gasteiger partial charge in [-0.25, -0.2) is 4.98 Å². The SMILES string of the molecule is O=C(Nc1ccc(OC(F)(F)Cl)cc1)c1cnc(N2CC[C@@H](O)C2)c(-c2cnn(C3CCN(C4CCN(C5CN(C(=O)CC67CC8CC(CC(C8)C6)C7)C5)CC4)CC3)c2)c1. The number of anilines is 2. The van der Waals surface area contributed by atoms with Gasteiger partial charge in [-0.3, -0.25) is 19.2 Å². The number of alkyl halides is 3. The lowest BCUT2D eigenvalue weighted by molar-refractivity contribution is -0.147. The molecule has 8 aliphatic rings. The van der Waals surface area contributed by atoms with Crippen LogP contribution in [0.15, 0.2) is 48.9 Å². The third kappa shape index (κ3) is 8.50. The van der Waals surface area contributed by atoms with E-state index in [1.54, 1.807) is 6.07 Å². The number of aliphatic hydroxyl groups is 1. The molecule has 4 saturated heterocycles. The van der Waals surface area contributed by atoms with E-state index in [1.807, 2.05) is 11.1 Å². The highest BCUT2D eigenvalue weighted by Crippen LogP contribution is 2.61. The van der Waals surface area contributed by atoms with Crippen LogP contribution >= 0.6 is 11.6 Å². The normalized spacial score (nSPS) is 29.3. The summed E-state index contributed by atoms with van der Waals surface area (Å²) >= 11 is 4.87. The highest BCUT2D eigenvalue weighted by atomic mass is 35.5. The molecule has 1 aromatic carbocycles. The first kappa shape index (κ1) is 40.2. The summed E-state index contributed by atoms with van der Waals surface area (Å²) in [5.41, 5.74) is -1.20. The number of nitrogens with one attached hydrogen (secondary N) is 1. The standard InChI is InChI=1S/C45H57ClF2N8O4/c46-45(47,48)60-39-3-1-34(2-4-39)51-43(59)32-18-40(42(49-23-32)54-14-9-38(57)28-54)33-24-50-56(25-33)36-7-12-52(13-8-36)35-5-10-53(11-6-35)37-26-55(27-37)41(58)22-44-19-29-15-30(20-44)17-31(16-29)21-44/h1-4,18,23-25,29-31,35-38,57H,5-17,19-22,26-28H2,(H,51,59)/t29?,30?,31?,38-,44?/m1/s1. The first-order chi connectivity index (χ1) is 28.9. The number of nitrogens with zero attached hydrogens (tertiary/aromatic N) is 7. The van der Waals surface area contributed by atoms with Gasteiger partial charge in [0.25, 0.3) is 5.91 Å². The monoisotopic (exact) mass is 846 g/mol. The van der Waals surface area contributed by atoms with Gasteiger partial charge in [0.2, 0.25) is 5.91 Å². The number of β-amino-alcohol motifs (C(OH)–C–C–N with tert-alkyl or cyclic N) is 1. The minimum absolute atomic E-state index is 0.134. The van der Waals surface area contributed by atoms with Crippen LogP contribution in [0.1, 0.15) is 93.4 Å². The number of aromatic nitrogens is 3. The maximum atomic E-state index is 13.5. The van der Waals surface area contributed by atoms with E-state index in [0.717, 1.165) is 87.4 Å². The van der Waals surface area contributed by atoms with Gasteiger partial charge in [0, 0.05) is 112 Å². The number of carbonyl (C=O) groups excluding carboxylic acids is 2. The van der Waals surface area contributed by atoms with Crippen molar-refractivity contribution >= 4 is 34.9 Å². The molecule has 1 atom stereocenters. The van der Waals surface area contributed by atoms with Crippen molar-refractivity contribution in [1.29, 1.82) is 0 Å². The average Bonchev–Trinajstić information content (AvgIpc) is 3.87. The second kappa shape index (κ2) is 16.1. The van der Waals surface area contributed by atoms with Crippen molar-refractivity contribution in [3.05, 3.63) is 54.5 Å². The molecule has 11 rings (SSSR count). The molecule has 0 spiro atoms. The van der Waals surface area contributed by atoms with Crippen molar-refractivity contribution in [1.82, 2.24) is 29.5 Å². The molecule has 6 heterocycles. The Balaban J connectivity index is 0.719. The third-order valence-electron chi connectivity index (χ3n) is 15.2. The molecule has 0 radical (unpaired) electrons. The Morgan fingerprint density at radius 3 is 2.10 bits per heavy atom. The van der Waals surface area contributed by atoms with Gasteiger partial charge in [-0.1, -0.05) is 0 Å². The number of hydrogen-bond donors (Lipinski definition) is 2. The second-order valence-corrected chi connectivity index (χ2v) is 19.7. The summed E-state index contributed by atoms with van der Waals surface area (Å²) in [6.07, 6.45) is 18.9. The summed E-state index contributed by atoms with van der Waals surface area (Å²) in [4.78, 5) is 41.1. The molecule has 2 amide bonds. The number of benzene rings is 1. The Labute approximate surface area is 355 Å². The zero-order valence-corrected chi connectivity index (χ0v) is 35.0. The average molecular weight is 847 g/mol. The molecule has 4 aliphatic carbocycles. The number of piperidine rings is 2. The molecule has 2 aromatic heterocycles. The lowest BCUT2D eigenvalue weighted by Gasteiger charge is -2.57. The lowest BCUT2D eigenvalue weighted by atomic mass is 9.49. The minimum Gasteiger partial charge on any atom is -0.420 e. The van der Waals surface area contributed by atoms with Gasteiger partial charge in [-0.2, -0.15) is 5.10 Å². The minimum atomic E-state index is -3.83. The van der Waals surface area contributed by atoms with Gasteiger partial charge in [0.15, 0.2) is 0 Å². The Kier molecular flexibility index (Phi) is 10.8. The van der Waals surface area contributed by atoms with Crippen LogP contribution in [0.3, 0.4) is 0 Å². The number of amides is 2. The van der Waals surface area contributed by atoms with E-state index in [1.165, 1.54) is 81.8 Å². The molecule has 12 nitrogen and oxygen atoms in total. The molecule has 3 aromatic rings. The van der Waals surface area contributed by atoms with E-state index < -0.39 is 17.6 Å². The number of carbonyl (C=O) groups is 2. The fourth-order valence-corrected chi connectivity index (χ4v) is 12.7. The number of rotatable bonds is 11. The quantitative estimate of drug-likeness (QED) is 0.200. The maximum absolute atomic E-state index is 13.5. The fraction of sp³-hybridized carbons (Fsp3) is 0.644. The summed E-state index contributed by atoms with van der Waals surface area (Å²) in [5, 5.41) is 17.9. The highest BCUT2D eigenvalue weighted by Gasteiger charge is 2.52. The Morgan fingerprint density at radius 2 is 1.48 bits per heavy atom. The third-order valence-corrected chi connectivity index (χ3v) is 15.2. The van der Waals surface area contributed by atoms with Crippen molar-refractivity contribution in [2.75, 3.05) is 62.6 Å². The largest absolute Gasteiger partial charge is 0.487 e. The lowest BCUT2D eigenvalue weighted by Crippen LogP contribution is -2.63. The van der Waals surface area contributed by atoms with Gasteiger partial charge in [-0.05, 0) is 124 Å². The van der Waals surface area contributed by atoms with Crippen LogP contribution in [0.25, 0.3) is 11.1 Å². The van der Waals surface area contributed by atoms with Gasteiger partial charge in [0.05, 0.1) is 23.9 Å². The first-order valence-electron chi connectivity index (χ1n) is 22.3. The number of aliphatic hydroxyl groups excluding tert-OH is 1. The molecular formula is C45H57ClF2N8O4. The zero-order chi connectivity index (χ0) is 41.2. The topological polar surface area (TPSA) is 119 Å². The van der Waals surface area contributed by atoms with E-state index in [-0.39, 0.29) is 11.8 Å². The fourth-order valence-electron chi connectivity index (χ4n) is 12.6. The van der Waals surface area contributed by atoms with Crippen molar-refractivity contribution < 1.29 is 28.2 Å². The Hall–Kier alpha value is -3.85. The highest BCUT2D eigenvalue weighted by molar-refractivity contribution is 6.20. The van der Waals surface area contributed by atoms with E-state index in [4.69, 9.17) is 21.7 Å². The maximum Gasteiger partial charge on any atom is 0.487 e. The number of hydrogen-bond acceptors (Lipinski definition) is 9. The molecule has 4 bridgehead atoms. The van der Waals surface area contributed by atoms with Crippen molar-refractivity contribution in [2.45, 2.75) is 107 Å². The summed E-state index contributed by atoms with van der Waals surface area (Å²) in [7, 11) is 0. The number of pyridine rings is 1. The molecule has 15 heteroatoms. The predicted octanol–water partition coefficient (Wildman–Crippen LogP) is 6.85. The number of likely N-dealkylation sites (tertiary alicyclic amines) is 3. The summed E-state index contributed by atoms with van der Waals surface area (Å²) in [6, 6.07) is 8.67. The van der Waals surface area contributed by atoms with Gasteiger partial charge >= 0.3 is 5.57 Å². The van der Waals surface area contributed by atoms with Crippen LogP contribution in [0.5, 0.6) is 5.75 Å². The molecule has 4 aliphatic heterocycles. The Bertz CT molecular complexity index is 2000. The number of ether oxygens (including phenoxy) is 1. The van der Waals surface area contributed by atoms with E-state index in [9.17, 15) is 23.5 Å². The van der Waals surface area contributed by atoms with Crippen molar-refractivity contribution in [3.8, 4) is 16.9 Å². The molecule has 2 N–H and O–H groups in total. The molecular weight excluding hydrogens is 790 g/mol. The first-order valence-corrected chi connectivity index (χ1v) is 22.7. The van der Waals surface area contributed by atoms with Crippen LogP contribution < -0.4 is 15.0 Å². The van der Waals surface area contributed by atoms with E-state index in [0.29, 0.717) is 60.0 Å². The second-order valence-electron chi connectivity index (χ2n) is 19.3. The van der Waals surface area contributed by atoms with Crippen LogP contribution in [0, 0.1) is 23.2 Å². The van der Waals surface area contributed by atoms with Gasteiger partial charge < -0.3 is 29.9 Å². The smallest absolute Gasteiger partial charge is 0.420 e. The van der Waals surface area contributed by atoms with Crippen LogP contribution in [-0.2, 0) is 4.79 Å². The summed E-state index contributed by atoms with van der Waals surface area (Å²) in [6.45, 7) is 7.18. The van der Waals surface area contributed by atoms with Gasteiger partial charge in [0.1, 0.15) is 11.6 Å². The predicted molar refractivity (Wildman–Crippen MR) is 224 cm³/mol. The molecule has 4 saturated carbocycles. The van der Waals surface area contributed by atoms with Crippen LogP contribution in [-0.4, -0.2) is 122 Å². The molecule has 0 unspecified atom stereocenters. The van der Waals surface area contributed by atoms with Crippen LogP contribution in [0.2, 0.25) is 0 Å². The van der Waals surface area contributed by atoms with Crippen molar-refractivity contribution in [2.24, 2.45) is 23.2 Å². The summed E-state index contributed by atoms with van der Waals surface area (Å²) < 4.78 is 32.5. The summed E-state index contributed by atoms with van der Waals surface area (Å²) in [5.74, 6) is 3.24. The molecule has 322 valence electrons. The number of halogens is 3. The Morgan fingerprint density at radius 1 is 0.850 bits per heavy atom. The van der Waals surface area contributed by atoms with Crippen molar-refractivity contribution in [3.63, 3.8) is 0 Å². The molecule has 8 fully saturated rings. The molecule has 60 heavy (non-hydrogen) atoms. The van der Waals surface area contributed by atoms with E-state index in [2.05, 4.69) is 35.6 Å². The zero-order valence-electron chi connectivity index (χ0n) is 34.2. The van der Waals surface area contributed by atoms with Gasteiger partial charge in [-0.15, -0.1) is 8.78 Å². The van der Waals surface area contributed by atoms with E-state index >= 15 is 0 Å².